The van der Waals surface area contributed by atoms with E-state index in [9.17, 15) is 9.59 Å². The largest absolute Gasteiger partial charge is 0.342 e. The molecule has 0 N–H and O–H groups in total. The summed E-state index contributed by atoms with van der Waals surface area (Å²) in [5, 5.41) is 9.65. The lowest BCUT2D eigenvalue weighted by atomic mass is 10.2. The lowest BCUT2D eigenvalue weighted by Gasteiger charge is -2.19. The van der Waals surface area contributed by atoms with Crippen molar-refractivity contribution in [2.75, 3.05) is 13.1 Å². The number of carbonyl (C=O) groups is 1. The number of amides is 1. The van der Waals surface area contributed by atoms with Crippen LogP contribution in [0.15, 0.2) is 34.2 Å². The van der Waals surface area contributed by atoms with Crippen molar-refractivity contribution in [3.63, 3.8) is 0 Å². The van der Waals surface area contributed by atoms with E-state index < -0.39 is 0 Å². The molecule has 8 heteroatoms. The van der Waals surface area contributed by atoms with Crippen molar-refractivity contribution >= 4 is 34.3 Å². The van der Waals surface area contributed by atoms with Crippen LogP contribution in [0.25, 0.3) is 16.7 Å². The average Bonchev–Trinajstić information content (AvgIpc) is 3.35. The molecule has 1 aromatic carbocycles. The van der Waals surface area contributed by atoms with Crippen LogP contribution in [0.2, 0.25) is 0 Å². The van der Waals surface area contributed by atoms with Gasteiger partial charge in [-0.3, -0.25) is 18.6 Å². The fourth-order valence-electron chi connectivity index (χ4n) is 3.64. The topological polar surface area (TPSA) is 72.5 Å². The van der Waals surface area contributed by atoms with Crippen LogP contribution in [0.5, 0.6) is 0 Å². The number of para-hydroxylation sites is 1. The number of hydrogen-bond donors (Lipinski definition) is 0. The van der Waals surface area contributed by atoms with Crippen LogP contribution in [-0.2, 0) is 11.3 Å². The molecule has 2 aromatic heterocycles. The van der Waals surface area contributed by atoms with E-state index in [-0.39, 0.29) is 16.7 Å². The Bertz CT molecular complexity index is 1050. The maximum absolute atomic E-state index is 12.9. The lowest BCUT2D eigenvalue weighted by Crippen LogP contribution is -2.34. The van der Waals surface area contributed by atoms with Crippen LogP contribution < -0.4 is 5.56 Å². The molecular weight excluding hydrogens is 362 g/mol. The number of carbonyl (C=O) groups excluding carboxylic acids is 1. The molecule has 1 aliphatic rings. The van der Waals surface area contributed by atoms with Crippen LogP contribution >= 0.6 is 11.8 Å². The van der Waals surface area contributed by atoms with Crippen LogP contribution in [-0.4, -0.2) is 48.3 Å². The Morgan fingerprint density at radius 1 is 1.22 bits per heavy atom. The average molecular weight is 385 g/mol. The minimum absolute atomic E-state index is 0.0508. The van der Waals surface area contributed by atoms with Crippen molar-refractivity contribution in [2.45, 2.75) is 50.1 Å². The third-order valence-electron chi connectivity index (χ3n) is 4.97. The summed E-state index contributed by atoms with van der Waals surface area (Å²) in [4.78, 5) is 27.5. The van der Waals surface area contributed by atoms with E-state index in [1.165, 1.54) is 11.8 Å². The molecule has 4 rings (SSSR count). The number of benzene rings is 1. The molecule has 1 aliphatic heterocycles. The Labute approximate surface area is 161 Å². The molecule has 1 amide bonds. The smallest absolute Gasteiger partial charge is 0.262 e. The molecule has 1 unspecified atom stereocenters. The van der Waals surface area contributed by atoms with Crippen molar-refractivity contribution in [1.82, 2.24) is 24.1 Å². The minimum Gasteiger partial charge on any atom is -0.342 e. The van der Waals surface area contributed by atoms with Gasteiger partial charge in [0.1, 0.15) is 0 Å². The molecule has 0 saturated carbocycles. The molecule has 7 nitrogen and oxygen atoms in total. The van der Waals surface area contributed by atoms with Crippen LogP contribution in [0, 0.1) is 0 Å². The first kappa shape index (κ1) is 18.0. The highest BCUT2D eigenvalue weighted by Crippen LogP contribution is 2.27. The van der Waals surface area contributed by atoms with Crippen molar-refractivity contribution in [1.29, 1.82) is 0 Å². The number of rotatable bonds is 5. The molecule has 0 bridgehead atoms. The SMILES string of the molecule is CCCn1c(=O)c2ccccc2n2c(SC(C)C(=O)N3CCCC3)nnc12. The van der Waals surface area contributed by atoms with E-state index in [4.69, 9.17) is 0 Å². The van der Waals surface area contributed by atoms with E-state index in [1.807, 2.05) is 47.4 Å². The number of hydrogen-bond acceptors (Lipinski definition) is 5. The summed E-state index contributed by atoms with van der Waals surface area (Å²) in [5.74, 6) is 0.671. The summed E-state index contributed by atoms with van der Waals surface area (Å²) < 4.78 is 3.58. The fraction of sp³-hybridized carbons (Fsp3) is 0.474. The van der Waals surface area contributed by atoms with Gasteiger partial charge in [0.2, 0.25) is 11.7 Å². The molecule has 27 heavy (non-hydrogen) atoms. The second-order valence-electron chi connectivity index (χ2n) is 6.88. The highest BCUT2D eigenvalue weighted by molar-refractivity contribution is 8.00. The van der Waals surface area contributed by atoms with Gasteiger partial charge in [-0.25, -0.2) is 0 Å². The van der Waals surface area contributed by atoms with Gasteiger partial charge in [-0.05, 0) is 38.3 Å². The summed E-state index contributed by atoms with van der Waals surface area (Å²) in [6.45, 7) is 6.20. The van der Waals surface area contributed by atoms with E-state index in [0.29, 0.717) is 22.9 Å². The van der Waals surface area contributed by atoms with Crippen molar-refractivity contribution in [3.8, 4) is 0 Å². The molecule has 1 fully saturated rings. The minimum atomic E-state index is -0.249. The quantitative estimate of drug-likeness (QED) is 0.631. The summed E-state index contributed by atoms with van der Waals surface area (Å²) >= 11 is 1.40. The monoisotopic (exact) mass is 385 g/mol. The second-order valence-corrected chi connectivity index (χ2v) is 8.19. The predicted octanol–water partition coefficient (Wildman–Crippen LogP) is 2.56. The second kappa shape index (κ2) is 7.34. The number of nitrogens with zero attached hydrogens (tertiary/aromatic N) is 5. The van der Waals surface area contributed by atoms with E-state index in [2.05, 4.69) is 10.2 Å². The van der Waals surface area contributed by atoms with Gasteiger partial charge < -0.3 is 4.90 Å². The summed E-state index contributed by atoms with van der Waals surface area (Å²) in [5.41, 5.74) is 0.725. The Hall–Kier alpha value is -2.35. The Balaban J connectivity index is 1.80. The van der Waals surface area contributed by atoms with Gasteiger partial charge in [-0.2, -0.15) is 0 Å². The zero-order chi connectivity index (χ0) is 19.0. The van der Waals surface area contributed by atoms with Crippen LogP contribution in [0.3, 0.4) is 0 Å². The first-order valence-corrected chi connectivity index (χ1v) is 10.3. The standard InChI is InChI=1S/C19H23N5O2S/c1-3-10-23-17(26)14-8-4-5-9-15(14)24-18(23)20-21-19(24)27-13(2)16(25)22-11-6-7-12-22/h4-5,8-9,13H,3,6-7,10-12H2,1-2H3. The van der Waals surface area contributed by atoms with E-state index in [0.717, 1.165) is 37.9 Å². The van der Waals surface area contributed by atoms with Gasteiger partial charge in [0.05, 0.1) is 16.2 Å². The number of thioether (sulfide) groups is 1. The van der Waals surface area contributed by atoms with E-state index >= 15 is 0 Å². The van der Waals surface area contributed by atoms with Gasteiger partial charge in [0, 0.05) is 19.6 Å². The summed E-state index contributed by atoms with van der Waals surface area (Å²) in [6, 6.07) is 7.50. The van der Waals surface area contributed by atoms with Gasteiger partial charge >= 0.3 is 0 Å². The van der Waals surface area contributed by atoms with E-state index in [1.54, 1.807) is 4.57 Å². The van der Waals surface area contributed by atoms with Gasteiger partial charge in [-0.1, -0.05) is 30.8 Å². The highest BCUT2D eigenvalue weighted by atomic mass is 32.2. The zero-order valence-electron chi connectivity index (χ0n) is 15.6. The molecular formula is C19H23N5O2S. The Kier molecular flexibility index (Phi) is 4.90. The van der Waals surface area contributed by atoms with Crippen molar-refractivity contribution < 1.29 is 4.79 Å². The Morgan fingerprint density at radius 2 is 1.96 bits per heavy atom. The zero-order valence-corrected chi connectivity index (χ0v) is 16.4. The predicted molar refractivity (Wildman–Crippen MR) is 106 cm³/mol. The third-order valence-corrected chi connectivity index (χ3v) is 6.00. The molecule has 3 heterocycles. The molecule has 0 aliphatic carbocycles. The number of fused-ring (bicyclic) bond motifs is 3. The molecule has 3 aromatic rings. The van der Waals surface area contributed by atoms with Crippen molar-refractivity contribution in [2.24, 2.45) is 0 Å². The molecule has 1 atom stereocenters. The first-order chi connectivity index (χ1) is 13.1. The van der Waals surface area contributed by atoms with Gasteiger partial charge in [0.15, 0.2) is 5.16 Å². The van der Waals surface area contributed by atoms with Crippen LogP contribution in [0.1, 0.15) is 33.1 Å². The Morgan fingerprint density at radius 3 is 2.70 bits per heavy atom. The first-order valence-electron chi connectivity index (χ1n) is 9.44. The lowest BCUT2D eigenvalue weighted by molar-refractivity contribution is -0.129. The normalized spacial score (nSPS) is 15.7. The fourth-order valence-corrected chi connectivity index (χ4v) is 4.58. The summed E-state index contributed by atoms with van der Waals surface area (Å²) in [6.07, 6.45) is 2.98. The summed E-state index contributed by atoms with van der Waals surface area (Å²) in [7, 11) is 0. The third kappa shape index (κ3) is 3.12. The molecule has 142 valence electrons. The van der Waals surface area contributed by atoms with Gasteiger partial charge in [0.25, 0.3) is 5.56 Å². The maximum Gasteiger partial charge on any atom is 0.262 e. The maximum atomic E-state index is 12.9. The number of aryl methyl sites for hydroxylation is 1. The number of aromatic nitrogens is 4. The number of likely N-dealkylation sites (tertiary alicyclic amines) is 1. The highest BCUT2D eigenvalue weighted by Gasteiger charge is 2.26. The molecule has 0 radical (unpaired) electrons. The molecule has 0 spiro atoms. The van der Waals surface area contributed by atoms with Crippen LogP contribution in [0.4, 0.5) is 0 Å². The molecule has 1 saturated heterocycles. The van der Waals surface area contributed by atoms with Gasteiger partial charge in [-0.15, -0.1) is 10.2 Å². The van der Waals surface area contributed by atoms with Crippen molar-refractivity contribution in [3.05, 3.63) is 34.6 Å².